The lowest BCUT2D eigenvalue weighted by molar-refractivity contribution is -0.136. The van der Waals surface area contributed by atoms with Crippen molar-refractivity contribution in [3.05, 3.63) is 54.2 Å². The number of hydrogen-bond donors (Lipinski definition) is 1. The van der Waals surface area contributed by atoms with Gasteiger partial charge in [-0.25, -0.2) is 8.42 Å². The first-order valence-electron chi connectivity index (χ1n) is 6.74. The van der Waals surface area contributed by atoms with Crippen LogP contribution in [-0.4, -0.2) is 22.2 Å². The van der Waals surface area contributed by atoms with Crippen molar-refractivity contribution in [2.24, 2.45) is 0 Å². The molecule has 3 aromatic rings. The van der Waals surface area contributed by atoms with Crippen molar-refractivity contribution in [1.29, 1.82) is 0 Å². The number of hydrogen-bond acceptors (Lipinski definition) is 4. The summed E-state index contributed by atoms with van der Waals surface area (Å²) in [6.07, 6.45) is -4.00. The lowest BCUT2D eigenvalue weighted by Gasteiger charge is -2.13. The number of aromatic nitrogens is 1. The second-order valence-electron chi connectivity index (χ2n) is 5.06. The second-order valence-corrected chi connectivity index (χ2v) is 7.89. The smallest absolute Gasteiger partial charge is 0.417 e. The molecule has 0 aliphatic rings. The summed E-state index contributed by atoms with van der Waals surface area (Å²) < 4.78 is 87.6. The molecule has 5 nitrogen and oxygen atoms in total. The number of rotatable bonds is 3. The van der Waals surface area contributed by atoms with Crippen LogP contribution in [0.15, 0.2) is 63.3 Å². The number of nitrogens with one attached hydrogen (secondary N) is 1. The molecule has 10 heteroatoms. The van der Waals surface area contributed by atoms with Gasteiger partial charge < -0.3 is 9.54 Å². The summed E-state index contributed by atoms with van der Waals surface area (Å²) in [5.74, 6) is 0. The standard InChI is InChI=1S/C15H10F3NO4S2/c16-15(17,18)10-6-7-12(14-13(10)11(8-19-14)24(20)21)25(22,23)9-4-2-1-3-5-9/h1-8,19H,(H,20,21)/p-1. The van der Waals surface area contributed by atoms with Gasteiger partial charge in [-0.1, -0.05) is 18.2 Å². The molecule has 1 aromatic heterocycles. The van der Waals surface area contributed by atoms with Crippen LogP contribution in [0.4, 0.5) is 13.2 Å². The summed E-state index contributed by atoms with van der Waals surface area (Å²) >= 11 is -2.97. The highest BCUT2D eigenvalue weighted by Gasteiger charge is 2.36. The van der Waals surface area contributed by atoms with Gasteiger partial charge in [-0.3, -0.25) is 4.21 Å². The van der Waals surface area contributed by atoms with E-state index in [0.29, 0.717) is 6.07 Å². The van der Waals surface area contributed by atoms with Gasteiger partial charge in [0.15, 0.2) is 0 Å². The third-order valence-electron chi connectivity index (χ3n) is 3.59. The van der Waals surface area contributed by atoms with Gasteiger partial charge >= 0.3 is 6.18 Å². The second kappa shape index (κ2) is 5.97. The summed E-state index contributed by atoms with van der Waals surface area (Å²) in [6.45, 7) is 0. The number of benzene rings is 2. The first-order chi connectivity index (χ1) is 11.6. The Morgan fingerprint density at radius 2 is 1.68 bits per heavy atom. The average Bonchev–Trinajstić information content (AvgIpc) is 2.98. The molecular weight excluding hydrogens is 379 g/mol. The Morgan fingerprint density at radius 1 is 1.04 bits per heavy atom. The molecule has 0 saturated heterocycles. The number of fused-ring (bicyclic) bond motifs is 1. The monoisotopic (exact) mass is 388 g/mol. The molecular formula is C15H9F3NO4S2-. The van der Waals surface area contributed by atoms with E-state index < -0.39 is 53.4 Å². The average molecular weight is 388 g/mol. The molecule has 0 amide bonds. The van der Waals surface area contributed by atoms with E-state index in [4.69, 9.17) is 0 Å². The van der Waals surface area contributed by atoms with Crippen molar-refractivity contribution in [3.63, 3.8) is 0 Å². The molecule has 0 saturated carbocycles. The van der Waals surface area contributed by atoms with Gasteiger partial charge in [0, 0.05) is 11.6 Å². The van der Waals surface area contributed by atoms with Crippen LogP contribution < -0.4 is 0 Å². The number of H-pyrrole nitrogens is 1. The van der Waals surface area contributed by atoms with E-state index >= 15 is 0 Å². The predicted molar refractivity (Wildman–Crippen MR) is 82.4 cm³/mol. The van der Waals surface area contributed by atoms with E-state index in [1.165, 1.54) is 24.3 Å². The van der Waals surface area contributed by atoms with Crippen LogP contribution in [0.25, 0.3) is 10.9 Å². The Kier molecular flexibility index (Phi) is 4.21. The van der Waals surface area contributed by atoms with E-state index in [0.717, 1.165) is 12.3 Å². The fourth-order valence-electron chi connectivity index (χ4n) is 2.51. The van der Waals surface area contributed by atoms with Gasteiger partial charge in [-0.2, -0.15) is 13.2 Å². The van der Waals surface area contributed by atoms with Gasteiger partial charge in [0.2, 0.25) is 9.84 Å². The quantitative estimate of drug-likeness (QED) is 0.698. The zero-order valence-corrected chi connectivity index (χ0v) is 13.8. The lowest BCUT2D eigenvalue weighted by Crippen LogP contribution is -2.09. The summed E-state index contributed by atoms with van der Waals surface area (Å²) in [5.41, 5.74) is -1.63. The third-order valence-corrected chi connectivity index (χ3v) is 6.08. The van der Waals surface area contributed by atoms with Gasteiger partial charge in [-0.15, -0.1) is 0 Å². The molecule has 0 fully saturated rings. The maximum Gasteiger partial charge on any atom is 0.417 e. The van der Waals surface area contributed by atoms with Gasteiger partial charge in [0.25, 0.3) is 0 Å². The number of alkyl halides is 3. The fraction of sp³-hybridized carbons (Fsp3) is 0.0667. The molecule has 1 N–H and O–H groups in total. The van der Waals surface area contributed by atoms with Crippen molar-refractivity contribution >= 4 is 31.8 Å². The highest BCUT2D eigenvalue weighted by atomic mass is 32.2. The van der Waals surface area contributed by atoms with Crippen molar-refractivity contribution in [2.75, 3.05) is 0 Å². The minimum atomic E-state index is -4.84. The van der Waals surface area contributed by atoms with Crippen LogP contribution in [-0.2, 0) is 27.1 Å². The number of sulfone groups is 1. The van der Waals surface area contributed by atoms with Gasteiger partial charge in [-0.05, 0) is 35.3 Å². The molecule has 0 aliphatic carbocycles. The molecule has 0 radical (unpaired) electrons. The molecule has 0 bridgehead atoms. The molecule has 0 spiro atoms. The van der Waals surface area contributed by atoms with Crippen LogP contribution >= 0.6 is 0 Å². The molecule has 1 unspecified atom stereocenters. The van der Waals surface area contributed by atoms with E-state index in [-0.39, 0.29) is 4.90 Å². The Hall–Kier alpha value is -2.17. The van der Waals surface area contributed by atoms with Crippen molar-refractivity contribution in [3.8, 4) is 0 Å². The van der Waals surface area contributed by atoms with Crippen LogP contribution in [0.5, 0.6) is 0 Å². The van der Waals surface area contributed by atoms with Crippen molar-refractivity contribution in [2.45, 2.75) is 20.9 Å². The van der Waals surface area contributed by atoms with Crippen LogP contribution in [0.3, 0.4) is 0 Å². The van der Waals surface area contributed by atoms with Gasteiger partial charge in [0.1, 0.15) is 0 Å². The summed E-state index contributed by atoms with van der Waals surface area (Å²) in [5, 5.41) is -0.696. The highest BCUT2D eigenvalue weighted by molar-refractivity contribution is 7.91. The van der Waals surface area contributed by atoms with Gasteiger partial charge in [0.05, 0.1) is 25.8 Å². The largest absolute Gasteiger partial charge is 0.768 e. The molecule has 3 rings (SSSR count). The number of aromatic amines is 1. The number of halogens is 3. The third kappa shape index (κ3) is 2.96. The van der Waals surface area contributed by atoms with Crippen LogP contribution in [0, 0.1) is 0 Å². The van der Waals surface area contributed by atoms with Crippen LogP contribution in [0.2, 0.25) is 0 Å². The van der Waals surface area contributed by atoms with E-state index in [1.807, 2.05) is 0 Å². The fourth-order valence-corrected chi connectivity index (χ4v) is 4.49. The minimum absolute atomic E-state index is 0.115. The predicted octanol–water partition coefficient (Wildman–Crippen LogP) is 3.26. The first-order valence-corrected chi connectivity index (χ1v) is 9.30. The summed E-state index contributed by atoms with van der Waals surface area (Å²) in [6, 6.07) is 8.53. The van der Waals surface area contributed by atoms with E-state index in [1.54, 1.807) is 6.07 Å². The molecule has 2 aromatic carbocycles. The Morgan fingerprint density at radius 3 is 2.24 bits per heavy atom. The highest BCUT2D eigenvalue weighted by Crippen LogP contribution is 2.40. The maximum absolute atomic E-state index is 13.2. The Balaban J connectivity index is 2.39. The molecule has 1 atom stereocenters. The molecule has 0 aliphatic heterocycles. The van der Waals surface area contributed by atoms with Crippen molar-refractivity contribution in [1.82, 2.24) is 4.98 Å². The SMILES string of the molecule is O=S([O-])c1c[nH]c2c(S(=O)(=O)c3ccccc3)ccc(C(F)(F)F)c12. The maximum atomic E-state index is 13.2. The van der Waals surface area contributed by atoms with Crippen molar-refractivity contribution < 1.29 is 30.4 Å². The lowest BCUT2D eigenvalue weighted by atomic mass is 10.1. The zero-order valence-electron chi connectivity index (χ0n) is 12.2. The van der Waals surface area contributed by atoms with E-state index in [2.05, 4.69) is 4.98 Å². The topological polar surface area (TPSA) is 90.1 Å². The molecule has 132 valence electrons. The summed E-state index contributed by atoms with van der Waals surface area (Å²) in [7, 11) is -4.14. The summed E-state index contributed by atoms with van der Waals surface area (Å²) in [4.78, 5) is 1.16. The minimum Gasteiger partial charge on any atom is -0.768 e. The zero-order chi connectivity index (χ0) is 18.4. The first kappa shape index (κ1) is 17.6. The van der Waals surface area contributed by atoms with E-state index in [9.17, 15) is 30.4 Å². The Bertz CT molecular complexity index is 1070. The molecule has 1 heterocycles. The molecule has 25 heavy (non-hydrogen) atoms. The van der Waals surface area contributed by atoms with Crippen LogP contribution in [0.1, 0.15) is 5.56 Å². The normalized spacial score (nSPS) is 13.9. The Labute approximate surface area is 142 Å².